The standard InChI is InChI=1S/C25H15Cl2OP/c26-29(27,28)16-13-14-20-19-9-3-6-12-23(19)25(24(20)15-16)21-10-4-1-7-17(21)18-8-2-5-11-22(18)25/h1-15H. The summed E-state index contributed by atoms with van der Waals surface area (Å²) in [7, 11) is 0. The summed E-state index contributed by atoms with van der Waals surface area (Å²) in [5.41, 5.74) is 9.15. The quantitative estimate of drug-likeness (QED) is 0.248. The van der Waals surface area contributed by atoms with Gasteiger partial charge in [0.05, 0.1) is 5.41 Å². The third-order valence-electron chi connectivity index (χ3n) is 6.28. The largest absolute Gasteiger partial charge is 0.284 e. The Morgan fingerprint density at radius 3 is 1.41 bits per heavy atom. The normalized spacial score (nSPS) is 15.0. The number of fused-ring (bicyclic) bond motifs is 10. The molecule has 1 spiro atoms. The summed E-state index contributed by atoms with van der Waals surface area (Å²) >= 11 is 12.2. The highest BCUT2D eigenvalue weighted by Crippen LogP contribution is 2.63. The molecule has 2 aliphatic carbocycles. The minimum Gasteiger partial charge on any atom is -0.284 e. The Kier molecular flexibility index (Phi) is 3.55. The molecule has 0 bridgehead atoms. The molecule has 6 rings (SSSR count). The molecule has 4 aromatic rings. The van der Waals surface area contributed by atoms with Gasteiger partial charge in [-0.3, -0.25) is 4.57 Å². The van der Waals surface area contributed by atoms with E-state index < -0.39 is 11.3 Å². The number of hydrogen-bond donors (Lipinski definition) is 0. The van der Waals surface area contributed by atoms with Crippen LogP contribution >= 0.6 is 28.3 Å². The molecule has 0 saturated carbocycles. The highest BCUT2D eigenvalue weighted by atomic mass is 35.9. The van der Waals surface area contributed by atoms with Crippen LogP contribution in [0.3, 0.4) is 0 Å². The van der Waals surface area contributed by atoms with Gasteiger partial charge < -0.3 is 0 Å². The Morgan fingerprint density at radius 2 is 0.966 bits per heavy atom. The van der Waals surface area contributed by atoms with Gasteiger partial charge in [-0.15, -0.1) is 0 Å². The van der Waals surface area contributed by atoms with E-state index in [1.807, 2.05) is 12.1 Å². The third kappa shape index (κ3) is 2.16. The highest BCUT2D eigenvalue weighted by molar-refractivity contribution is 8.13. The van der Waals surface area contributed by atoms with Gasteiger partial charge in [0.2, 0.25) is 0 Å². The number of rotatable bonds is 1. The van der Waals surface area contributed by atoms with Crippen LogP contribution in [-0.2, 0) is 9.98 Å². The van der Waals surface area contributed by atoms with Gasteiger partial charge >= 0.3 is 0 Å². The second-order valence-corrected chi connectivity index (χ2v) is 12.4. The zero-order valence-electron chi connectivity index (χ0n) is 15.3. The Labute approximate surface area is 178 Å². The molecule has 0 saturated heterocycles. The lowest BCUT2D eigenvalue weighted by atomic mass is 9.70. The average Bonchev–Trinajstić information content (AvgIpc) is 3.20. The van der Waals surface area contributed by atoms with Crippen molar-refractivity contribution < 1.29 is 4.57 Å². The van der Waals surface area contributed by atoms with E-state index in [1.165, 1.54) is 33.4 Å². The molecular weight excluding hydrogens is 418 g/mol. The van der Waals surface area contributed by atoms with Crippen LogP contribution in [0.25, 0.3) is 22.3 Å². The molecule has 0 radical (unpaired) electrons. The van der Waals surface area contributed by atoms with Crippen molar-refractivity contribution in [2.45, 2.75) is 5.41 Å². The van der Waals surface area contributed by atoms with Crippen LogP contribution in [0.15, 0.2) is 91.0 Å². The van der Waals surface area contributed by atoms with Crippen LogP contribution in [0.1, 0.15) is 22.3 Å². The highest BCUT2D eigenvalue weighted by Gasteiger charge is 2.51. The molecule has 140 valence electrons. The molecular formula is C25H15Cl2OP. The maximum Gasteiger partial charge on any atom is 0.281 e. The van der Waals surface area contributed by atoms with E-state index in [0.29, 0.717) is 5.30 Å². The fraction of sp³-hybridized carbons (Fsp3) is 0.0400. The number of hydrogen-bond acceptors (Lipinski definition) is 1. The van der Waals surface area contributed by atoms with Crippen molar-refractivity contribution in [1.82, 2.24) is 0 Å². The van der Waals surface area contributed by atoms with Gasteiger partial charge in [0.15, 0.2) is 0 Å². The molecule has 0 aromatic heterocycles. The molecule has 0 amide bonds. The zero-order valence-corrected chi connectivity index (χ0v) is 17.7. The molecule has 0 unspecified atom stereocenters. The van der Waals surface area contributed by atoms with Crippen molar-refractivity contribution in [3.05, 3.63) is 113 Å². The van der Waals surface area contributed by atoms with Crippen LogP contribution < -0.4 is 5.30 Å². The van der Waals surface area contributed by atoms with Crippen molar-refractivity contribution in [3.8, 4) is 22.3 Å². The molecule has 4 heteroatoms. The molecule has 0 aliphatic heterocycles. The van der Waals surface area contributed by atoms with Crippen LogP contribution in [0, 0.1) is 0 Å². The Balaban J connectivity index is 1.83. The van der Waals surface area contributed by atoms with E-state index in [2.05, 4.69) is 72.8 Å². The van der Waals surface area contributed by atoms with E-state index >= 15 is 0 Å². The fourth-order valence-electron chi connectivity index (χ4n) is 5.24. The van der Waals surface area contributed by atoms with Crippen molar-refractivity contribution in [3.63, 3.8) is 0 Å². The SMILES string of the molecule is O=P(Cl)(Cl)c1ccc2c(c1)C1(c3ccccc3-c3ccccc31)c1ccccc1-2. The zero-order chi connectivity index (χ0) is 19.8. The van der Waals surface area contributed by atoms with Crippen LogP contribution in [-0.4, -0.2) is 0 Å². The van der Waals surface area contributed by atoms with E-state index in [9.17, 15) is 4.57 Å². The first kappa shape index (κ1) is 17.5. The van der Waals surface area contributed by atoms with Crippen molar-refractivity contribution in [2.75, 3.05) is 0 Å². The van der Waals surface area contributed by atoms with Gasteiger partial charge in [-0.25, -0.2) is 0 Å². The Bertz CT molecular complexity index is 1310. The monoisotopic (exact) mass is 432 g/mol. The van der Waals surface area contributed by atoms with Gasteiger partial charge in [-0.05, 0) is 79.1 Å². The molecule has 0 heterocycles. The summed E-state index contributed by atoms with van der Waals surface area (Å²) in [5, 5.41) is 0.480. The van der Waals surface area contributed by atoms with Gasteiger partial charge in [-0.2, -0.15) is 0 Å². The van der Waals surface area contributed by atoms with Crippen molar-refractivity contribution >= 4 is 33.6 Å². The molecule has 1 nitrogen and oxygen atoms in total. The second kappa shape index (κ2) is 5.86. The minimum absolute atomic E-state index is 0.460. The molecule has 2 aliphatic rings. The van der Waals surface area contributed by atoms with Crippen molar-refractivity contribution in [1.29, 1.82) is 0 Å². The van der Waals surface area contributed by atoms with E-state index in [-0.39, 0.29) is 0 Å². The van der Waals surface area contributed by atoms with Crippen LogP contribution in [0.4, 0.5) is 0 Å². The van der Waals surface area contributed by atoms with Gasteiger partial charge in [-0.1, -0.05) is 78.9 Å². The van der Waals surface area contributed by atoms with E-state index in [4.69, 9.17) is 22.5 Å². The summed E-state index contributed by atoms with van der Waals surface area (Å²) in [4.78, 5) is 0. The summed E-state index contributed by atoms with van der Waals surface area (Å²) in [6.07, 6.45) is 0. The van der Waals surface area contributed by atoms with Gasteiger partial charge in [0, 0.05) is 5.30 Å². The minimum atomic E-state index is -3.43. The summed E-state index contributed by atoms with van der Waals surface area (Å²) in [6, 6.07) is 31.4. The molecule has 4 aromatic carbocycles. The third-order valence-corrected chi connectivity index (χ3v) is 8.33. The first-order chi connectivity index (χ1) is 14.0. The van der Waals surface area contributed by atoms with Gasteiger partial charge in [0.25, 0.3) is 5.85 Å². The molecule has 29 heavy (non-hydrogen) atoms. The molecule has 0 N–H and O–H groups in total. The first-order valence-corrected chi connectivity index (χ1v) is 13.0. The van der Waals surface area contributed by atoms with E-state index in [1.54, 1.807) is 6.07 Å². The lowest BCUT2D eigenvalue weighted by molar-refractivity contribution is 0.597. The van der Waals surface area contributed by atoms with Crippen LogP contribution in [0.2, 0.25) is 0 Å². The summed E-state index contributed by atoms with van der Waals surface area (Å²) in [6.45, 7) is 0. The molecule has 0 atom stereocenters. The van der Waals surface area contributed by atoms with Crippen molar-refractivity contribution in [2.24, 2.45) is 0 Å². The molecule has 0 fully saturated rings. The maximum atomic E-state index is 12.5. The Morgan fingerprint density at radius 1 is 0.552 bits per heavy atom. The predicted molar refractivity (Wildman–Crippen MR) is 122 cm³/mol. The fourth-order valence-corrected chi connectivity index (χ4v) is 6.40. The first-order valence-electron chi connectivity index (χ1n) is 9.46. The Hall–Kier alpha value is -2.31. The van der Waals surface area contributed by atoms with E-state index in [0.717, 1.165) is 11.1 Å². The lowest BCUT2D eigenvalue weighted by Crippen LogP contribution is -2.26. The number of benzene rings is 4. The van der Waals surface area contributed by atoms with Gasteiger partial charge in [0.1, 0.15) is 0 Å². The van der Waals surface area contributed by atoms with Crippen LogP contribution in [0.5, 0.6) is 0 Å². The maximum absolute atomic E-state index is 12.5. The number of halogens is 2. The topological polar surface area (TPSA) is 17.1 Å². The lowest BCUT2D eigenvalue weighted by Gasteiger charge is -2.30. The summed E-state index contributed by atoms with van der Waals surface area (Å²) in [5.74, 6) is -3.43. The second-order valence-electron chi connectivity index (χ2n) is 7.58. The predicted octanol–water partition coefficient (Wildman–Crippen LogP) is 7.33. The average molecular weight is 433 g/mol. The smallest absolute Gasteiger partial charge is 0.281 e. The summed E-state index contributed by atoms with van der Waals surface area (Å²) < 4.78 is 12.5.